The fourth-order valence-electron chi connectivity index (χ4n) is 0.988. The van der Waals surface area contributed by atoms with E-state index in [9.17, 15) is 8.42 Å². The van der Waals surface area contributed by atoms with Gasteiger partial charge in [0.2, 0.25) is 0 Å². The van der Waals surface area contributed by atoms with Gasteiger partial charge in [-0.15, -0.1) is 0 Å². The summed E-state index contributed by atoms with van der Waals surface area (Å²) in [6.45, 7) is 1.13. The van der Waals surface area contributed by atoms with Crippen molar-refractivity contribution in [3.8, 4) is 0 Å². The maximum atomic E-state index is 11.0. The van der Waals surface area contributed by atoms with Gasteiger partial charge in [0.1, 0.15) is 0 Å². The van der Waals surface area contributed by atoms with Crippen molar-refractivity contribution < 1.29 is 13.0 Å². The molecule has 1 rings (SSSR count). The highest BCUT2D eigenvalue weighted by molar-refractivity contribution is 7.88. The summed E-state index contributed by atoms with van der Waals surface area (Å²) in [5, 5.41) is 0.180. The van der Waals surface area contributed by atoms with E-state index in [4.69, 9.17) is 39.4 Å². The summed E-state index contributed by atoms with van der Waals surface area (Å²) < 4.78 is 29.0. The summed E-state index contributed by atoms with van der Waals surface area (Å²) in [7, 11) is -4.47. The Morgan fingerprint density at radius 1 is 1.33 bits per heavy atom. The zero-order valence-corrected chi connectivity index (χ0v) is 10.6. The van der Waals surface area contributed by atoms with Crippen LogP contribution in [0.1, 0.15) is 12.5 Å². The standard InChI is InChI=1S/C8H7Cl3O3S/c1-8(11,15(12,13)14)5-3-2-4-6(9)7(5)10/h2-4H,1H3,(H,12,13,14). The van der Waals surface area contributed by atoms with Gasteiger partial charge >= 0.3 is 0 Å². The summed E-state index contributed by atoms with van der Waals surface area (Å²) in [5.41, 5.74) is 0.0424. The van der Waals surface area contributed by atoms with E-state index >= 15 is 0 Å². The van der Waals surface area contributed by atoms with Crippen LogP contribution in [-0.4, -0.2) is 13.0 Å². The molecule has 0 spiro atoms. The highest BCUT2D eigenvalue weighted by Gasteiger charge is 2.39. The van der Waals surface area contributed by atoms with Crippen molar-refractivity contribution in [3.05, 3.63) is 33.8 Å². The van der Waals surface area contributed by atoms with Crippen molar-refractivity contribution in [1.82, 2.24) is 0 Å². The minimum absolute atomic E-state index is 0.00860. The van der Waals surface area contributed by atoms with E-state index in [1.165, 1.54) is 18.2 Å². The maximum absolute atomic E-state index is 11.0. The van der Waals surface area contributed by atoms with Crippen LogP contribution in [0.5, 0.6) is 0 Å². The molecule has 0 fully saturated rings. The Bertz CT molecular complexity index is 482. The first-order valence-electron chi connectivity index (χ1n) is 3.78. The normalized spacial score (nSPS) is 16.1. The number of rotatable bonds is 2. The van der Waals surface area contributed by atoms with Crippen LogP contribution in [0.3, 0.4) is 0 Å². The summed E-state index contributed by atoms with van der Waals surface area (Å²) in [6, 6.07) is 4.37. The van der Waals surface area contributed by atoms with Gasteiger partial charge in [0.15, 0.2) is 4.21 Å². The molecule has 1 aromatic carbocycles. The molecule has 1 aromatic rings. The second kappa shape index (κ2) is 4.11. The van der Waals surface area contributed by atoms with Gasteiger partial charge in [0, 0.05) is 5.56 Å². The number of hydrogen-bond acceptors (Lipinski definition) is 2. The number of benzene rings is 1. The lowest BCUT2D eigenvalue weighted by molar-refractivity contribution is 0.464. The summed E-state index contributed by atoms with van der Waals surface area (Å²) in [6.07, 6.45) is 0. The first-order valence-corrected chi connectivity index (χ1v) is 6.35. The molecule has 0 amide bonds. The first kappa shape index (κ1) is 13.1. The van der Waals surface area contributed by atoms with Crippen molar-refractivity contribution in [2.75, 3.05) is 0 Å². The van der Waals surface area contributed by atoms with Gasteiger partial charge in [-0.1, -0.05) is 46.9 Å². The summed E-state index contributed by atoms with van der Waals surface area (Å²) >= 11 is 17.2. The molecule has 0 aromatic heterocycles. The van der Waals surface area contributed by atoms with Gasteiger partial charge in [-0.25, -0.2) is 0 Å². The molecule has 0 aliphatic carbocycles. The molecule has 1 N–H and O–H groups in total. The van der Waals surface area contributed by atoms with Crippen LogP contribution < -0.4 is 0 Å². The maximum Gasteiger partial charge on any atom is 0.288 e. The Morgan fingerprint density at radius 3 is 2.33 bits per heavy atom. The third kappa shape index (κ3) is 2.40. The van der Waals surface area contributed by atoms with Crippen molar-refractivity contribution in [3.63, 3.8) is 0 Å². The van der Waals surface area contributed by atoms with Crippen molar-refractivity contribution in [2.24, 2.45) is 0 Å². The average Bonchev–Trinajstić information content (AvgIpc) is 2.07. The molecule has 0 radical (unpaired) electrons. The van der Waals surface area contributed by atoms with Crippen LogP contribution in [-0.2, 0) is 14.3 Å². The van der Waals surface area contributed by atoms with Gasteiger partial charge in [-0.05, 0) is 13.0 Å². The Kier molecular flexibility index (Phi) is 3.58. The minimum Gasteiger partial charge on any atom is -0.284 e. The SMILES string of the molecule is CC(Cl)(c1cccc(Cl)c1Cl)S(=O)(=O)O. The zero-order chi connectivity index (χ0) is 11.9. The molecule has 0 bridgehead atoms. The molecule has 0 heterocycles. The molecule has 0 saturated carbocycles. The fourth-order valence-corrected chi connectivity index (χ4v) is 2.19. The molecule has 15 heavy (non-hydrogen) atoms. The highest BCUT2D eigenvalue weighted by atomic mass is 35.5. The Balaban J connectivity index is 3.47. The van der Waals surface area contributed by atoms with E-state index in [1.54, 1.807) is 0 Å². The van der Waals surface area contributed by atoms with Crippen molar-refractivity contribution in [2.45, 2.75) is 11.1 Å². The van der Waals surface area contributed by atoms with E-state index in [0.717, 1.165) is 6.92 Å². The molecule has 1 unspecified atom stereocenters. The fraction of sp³-hybridized carbons (Fsp3) is 0.250. The van der Waals surface area contributed by atoms with Gasteiger partial charge in [0.05, 0.1) is 10.0 Å². The third-order valence-electron chi connectivity index (χ3n) is 1.92. The highest BCUT2D eigenvalue weighted by Crippen LogP contribution is 2.40. The molecule has 0 saturated heterocycles. The Morgan fingerprint density at radius 2 is 1.87 bits per heavy atom. The van der Waals surface area contributed by atoms with Crippen LogP contribution >= 0.6 is 34.8 Å². The van der Waals surface area contributed by atoms with Crippen LogP contribution in [0.2, 0.25) is 10.0 Å². The third-order valence-corrected chi connectivity index (χ3v) is 4.71. The van der Waals surface area contributed by atoms with E-state index in [-0.39, 0.29) is 15.6 Å². The van der Waals surface area contributed by atoms with Crippen LogP contribution in [0.25, 0.3) is 0 Å². The quantitative estimate of drug-likeness (QED) is 0.671. The predicted octanol–water partition coefficient (Wildman–Crippen LogP) is 3.29. The molecule has 0 aliphatic heterocycles. The predicted molar refractivity (Wildman–Crippen MR) is 61.2 cm³/mol. The van der Waals surface area contributed by atoms with Gasteiger partial charge in [0.25, 0.3) is 10.1 Å². The van der Waals surface area contributed by atoms with E-state index in [2.05, 4.69) is 0 Å². The van der Waals surface area contributed by atoms with Gasteiger partial charge in [-0.2, -0.15) is 8.42 Å². The lowest BCUT2D eigenvalue weighted by Crippen LogP contribution is -2.26. The molecular weight excluding hydrogens is 283 g/mol. The molecule has 3 nitrogen and oxygen atoms in total. The minimum atomic E-state index is -4.47. The molecule has 0 aliphatic rings. The number of alkyl halides is 1. The second-order valence-corrected chi connectivity index (χ2v) is 6.53. The van der Waals surface area contributed by atoms with Crippen LogP contribution in [0, 0.1) is 0 Å². The topological polar surface area (TPSA) is 54.4 Å². The lowest BCUT2D eigenvalue weighted by atomic mass is 10.1. The van der Waals surface area contributed by atoms with Crippen LogP contribution in [0.4, 0.5) is 0 Å². The molecule has 7 heteroatoms. The van der Waals surface area contributed by atoms with E-state index in [1.807, 2.05) is 0 Å². The lowest BCUT2D eigenvalue weighted by Gasteiger charge is -2.20. The number of hydrogen-bond donors (Lipinski definition) is 1. The van der Waals surface area contributed by atoms with E-state index in [0.29, 0.717) is 0 Å². The van der Waals surface area contributed by atoms with Crippen LogP contribution in [0.15, 0.2) is 18.2 Å². The second-order valence-electron chi connectivity index (χ2n) is 2.99. The van der Waals surface area contributed by atoms with Crippen molar-refractivity contribution in [1.29, 1.82) is 0 Å². The summed E-state index contributed by atoms with van der Waals surface area (Å²) in [5.74, 6) is 0. The van der Waals surface area contributed by atoms with E-state index < -0.39 is 14.3 Å². The molecule has 84 valence electrons. The first-order chi connectivity index (χ1) is 6.68. The Hall–Kier alpha value is -0.000000000000000132. The van der Waals surface area contributed by atoms with Crippen molar-refractivity contribution >= 4 is 44.9 Å². The monoisotopic (exact) mass is 288 g/mol. The zero-order valence-electron chi connectivity index (χ0n) is 7.54. The van der Waals surface area contributed by atoms with Gasteiger partial charge in [-0.3, -0.25) is 4.55 Å². The average molecular weight is 290 g/mol. The molecular formula is C8H7Cl3O3S. The van der Waals surface area contributed by atoms with Gasteiger partial charge < -0.3 is 0 Å². The molecule has 1 atom stereocenters. The number of halogens is 3. The smallest absolute Gasteiger partial charge is 0.284 e. The largest absolute Gasteiger partial charge is 0.288 e. The Labute approximate surface area is 103 Å². The summed E-state index contributed by atoms with van der Waals surface area (Å²) in [4.78, 5) is 0.